The average Bonchev–Trinajstić information content (AvgIpc) is 2.30. The second-order valence-corrected chi connectivity index (χ2v) is 3.67. The summed E-state index contributed by atoms with van der Waals surface area (Å²) in [5.41, 5.74) is 3.03. The Kier molecular flexibility index (Phi) is 4.31. The molecular weight excluding hydrogens is 206 g/mol. The van der Waals surface area contributed by atoms with Gasteiger partial charge in [-0.15, -0.1) is 0 Å². The number of nitrogens with one attached hydrogen (secondary N) is 1. The van der Waals surface area contributed by atoms with Gasteiger partial charge in [0.2, 0.25) is 0 Å². The maximum absolute atomic E-state index is 11.0. The van der Waals surface area contributed by atoms with E-state index in [0.29, 0.717) is 0 Å². The van der Waals surface area contributed by atoms with Crippen molar-refractivity contribution in [2.45, 2.75) is 13.8 Å². The molecule has 1 rings (SSSR count). The Morgan fingerprint density at radius 2 is 2.12 bits per heavy atom. The van der Waals surface area contributed by atoms with Crippen LogP contribution in [0.25, 0.3) is 0 Å². The smallest absolute Gasteiger partial charge is 0.177 e. The molecule has 0 aliphatic rings. The summed E-state index contributed by atoms with van der Waals surface area (Å²) in [6, 6.07) is 3.78. The Labute approximate surface area is 95.2 Å². The third-order valence-electron chi connectivity index (χ3n) is 2.53. The molecule has 4 nitrogen and oxygen atoms in total. The van der Waals surface area contributed by atoms with Crippen LogP contribution in [0, 0.1) is 13.8 Å². The van der Waals surface area contributed by atoms with Gasteiger partial charge in [-0.05, 0) is 31.0 Å². The number of carbonyl (C=O) groups excluding carboxylic acids is 1. The maximum atomic E-state index is 11.0. The largest absolute Gasteiger partial charge is 0.497 e. The molecule has 0 aliphatic heterocycles. The number of carbonyl (C=O) groups is 1. The standard InChI is InChI=1S/C12H17NO3/c1-8-4-11(16-3)5-12(9(8)2)13-6-10(15)7-14/h4-5,13-14H,6-7H2,1-3H3. The Hall–Kier alpha value is -1.55. The molecule has 16 heavy (non-hydrogen) atoms. The summed E-state index contributed by atoms with van der Waals surface area (Å²) in [4.78, 5) is 11.0. The molecule has 88 valence electrons. The highest BCUT2D eigenvalue weighted by molar-refractivity contribution is 5.84. The lowest BCUT2D eigenvalue weighted by atomic mass is 10.1. The lowest BCUT2D eigenvalue weighted by Crippen LogP contribution is -2.17. The zero-order valence-corrected chi connectivity index (χ0v) is 9.83. The fourth-order valence-electron chi connectivity index (χ4n) is 1.38. The van der Waals surface area contributed by atoms with Crippen LogP contribution in [0.3, 0.4) is 0 Å². The van der Waals surface area contributed by atoms with Crippen molar-refractivity contribution >= 4 is 11.5 Å². The van der Waals surface area contributed by atoms with Crippen molar-refractivity contribution in [3.05, 3.63) is 23.3 Å². The number of methoxy groups -OCH3 is 1. The number of aryl methyl sites for hydroxylation is 1. The van der Waals surface area contributed by atoms with E-state index in [1.54, 1.807) is 7.11 Å². The zero-order valence-electron chi connectivity index (χ0n) is 9.83. The van der Waals surface area contributed by atoms with Gasteiger partial charge in [0.15, 0.2) is 5.78 Å². The maximum Gasteiger partial charge on any atom is 0.177 e. The summed E-state index contributed by atoms with van der Waals surface area (Å²) in [7, 11) is 1.60. The van der Waals surface area contributed by atoms with E-state index in [9.17, 15) is 4.79 Å². The summed E-state index contributed by atoms with van der Waals surface area (Å²) in [5, 5.41) is 11.6. The molecule has 0 fully saturated rings. The quantitative estimate of drug-likeness (QED) is 0.789. The zero-order chi connectivity index (χ0) is 12.1. The van der Waals surface area contributed by atoms with Gasteiger partial charge in [0.05, 0.1) is 13.7 Å². The van der Waals surface area contributed by atoms with Crippen LogP contribution in [-0.4, -0.2) is 31.2 Å². The first-order chi connectivity index (χ1) is 7.58. The van der Waals surface area contributed by atoms with Gasteiger partial charge in [0.1, 0.15) is 12.4 Å². The number of rotatable bonds is 5. The number of Topliss-reactive ketones (excluding diaryl/α,β-unsaturated/α-hetero) is 1. The monoisotopic (exact) mass is 223 g/mol. The number of hydrogen-bond donors (Lipinski definition) is 2. The van der Waals surface area contributed by atoms with Gasteiger partial charge >= 0.3 is 0 Å². The number of aliphatic hydroxyl groups excluding tert-OH is 1. The van der Waals surface area contributed by atoms with Gasteiger partial charge in [-0.2, -0.15) is 0 Å². The van der Waals surface area contributed by atoms with Crippen LogP contribution < -0.4 is 10.1 Å². The molecule has 0 atom stereocenters. The van der Waals surface area contributed by atoms with Crippen molar-refractivity contribution in [2.24, 2.45) is 0 Å². The van der Waals surface area contributed by atoms with Crippen molar-refractivity contribution in [1.82, 2.24) is 0 Å². The van der Waals surface area contributed by atoms with Crippen LogP contribution in [0.4, 0.5) is 5.69 Å². The molecule has 1 aromatic rings. The molecule has 0 saturated carbocycles. The molecule has 0 aliphatic carbocycles. The highest BCUT2D eigenvalue weighted by Crippen LogP contribution is 2.25. The predicted octanol–water partition coefficient (Wildman–Crippen LogP) is 1.29. The Morgan fingerprint density at radius 3 is 2.69 bits per heavy atom. The fourth-order valence-corrected chi connectivity index (χ4v) is 1.38. The van der Waals surface area contributed by atoms with E-state index >= 15 is 0 Å². The minimum absolute atomic E-state index is 0.129. The summed E-state index contributed by atoms with van der Waals surface area (Å²) in [6.45, 7) is 3.65. The fraction of sp³-hybridized carbons (Fsp3) is 0.417. The number of aliphatic hydroxyl groups is 1. The Morgan fingerprint density at radius 1 is 1.44 bits per heavy atom. The lowest BCUT2D eigenvalue weighted by molar-refractivity contribution is -0.120. The molecule has 0 aromatic heterocycles. The van der Waals surface area contributed by atoms with Crippen LogP contribution in [0.15, 0.2) is 12.1 Å². The molecular formula is C12H17NO3. The van der Waals surface area contributed by atoms with E-state index in [2.05, 4.69) is 5.32 Å². The van der Waals surface area contributed by atoms with Gasteiger partial charge < -0.3 is 15.2 Å². The van der Waals surface area contributed by atoms with Crippen LogP contribution in [0.2, 0.25) is 0 Å². The number of ketones is 1. The van der Waals surface area contributed by atoms with Crippen LogP contribution in [0.5, 0.6) is 5.75 Å². The Balaban J connectivity index is 2.86. The number of hydrogen-bond acceptors (Lipinski definition) is 4. The Bertz CT molecular complexity index is 388. The molecule has 0 saturated heterocycles. The first-order valence-corrected chi connectivity index (χ1v) is 5.10. The highest BCUT2D eigenvalue weighted by atomic mass is 16.5. The third-order valence-corrected chi connectivity index (χ3v) is 2.53. The molecule has 0 spiro atoms. The molecule has 4 heteroatoms. The van der Waals surface area contributed by atoms with E-state index in [0.717, 1.165) is 22.6 Å². The first-order valence-electron chi connectivity index (χ1n) is 5.10. The van der Waals surface area contributed by atoms with Crippen molar-refractivity contribution in [1.29, 1.82) is 0 Å². The molecule has 0 unspecified atom stereocenters. The number of anilines is 1. The van der Waals surface area contributed by atoms with E-state index in [1.165, 1.54) is 0 Å². The lowest BCUT2D eigenvalue weighted by Gasteiger charge is -2.12. The van der Waals surface area contributed by atoms with Gasteiger partial charge in [-0.3, -0.25) is 4.79 Å². The number of benzene rings is 1. The summed E-state index contributed by atoms with van der Waals surface area (Å²) in [6.07, 6.45) is 0. The van der Waals surface area contributed by atoms with E-state index in [1.807, 2.05) is 26.0 Å². The summed E-state index contributed by atoms with van der Waals surface area (Å²) in [5.74, 6) is 0.516. The van der Waals surface area contributed by atoms with E-state index in [4.69, 9.17) is 9.84 Å². The van der Waals surface area contributed by atoms with E-state index < -0.39 is 6.61 Å². The predicted molar refractivity (Wildman–Crippen MR) is 63.1 cm³/mol. The SMILES string of the molecule is COc1cc(C)c(C)c(NCC(=O)CO)c1. The van der Waals surface area contributed by atoms with Gasteiger partial charge in [0, 0.05) is 11.8 Å². The molecule has 1 aromatic carbocycles. The van der Waals surface area contributed by atoms with Crippen molar-refractivity contribution in [2.75, 3.05) is 25.6 Å². The molecule has 0 radical (unpaired) electrons. The highest BCUT2D eigenvalue weighted by Gasteiger charge is 2.06. The first kappa shape index (κ1) is 12.5. The summed E-state index contributed by atoms with van der Waals surface area (Å²) < 4.78 is 5.15. The summed E-state index contributed by atoms with van der Waals surface area (Å²) >= 11 is 0. The molecule has 0 heterocycles. The van der Waals surface area contributed by atoms with Crippen molar-refractivity contribution < 1.29 is 14.6 Å². The number of ether oxygens (including phenoxy) is 1. The van der Waals surface area contributed by atoms with Crippen molar-refractivity contribution in [3.8, 4) is 5.75 Å². The second kappa shape index (κ2) is 5.51. The van der Waals surface area contributed by atoms with Crippen LogP contribution in [0.1, 0.15) is 11.1 Å². The van der Waals surface area contributed by atoms with E-state index in [-0.39, 0.29) is 12.3 Å². The van der Waals surface area contributed by atoms with Gasteiger partial charge in [0.25, 0.3) is 0 Å². The van der Waals surface area contributed by atoms with Crippen LogP contribution in [-0.2, 0) is 4.79 Å². The minimum Gasteiger partial charge on any atom is -0.497 e. The molecule has 0 bridgehead atoms. The normalized spacial score (nSPS) is 10.0. The third kappa shape index (κ3) is 2.97. The van der Waals surface area contributed by atoms with Gasteiger partial charge in [-0.1, -0.05) is 0 Å². The van der Waals surface area contributed by atoms with Crippen molar-refractivity contribution in [3.63, 3.8) is 0 Å². The average molecular weight is 223 g/mol. The molecule has 2 N–H and O–H groups in total. The topological polar surface area (TPSA) is 58.6 Å². The minimum atomic E-state index is -0.436. The molecule has 0 amide bonds. The van der Waals surface area contributed by atoms with Gasteiger partial charge in [-0.25, -0.2) is 0 Å². The second-order valence-electron chi connectivity index (χ2n) is 3.67. The van der Waals surface area contributed by atoms with Crippen LogP contribution >= 0.6 is 0 Å².